The summed E-state index contributed by atoms with van der Waals surface area (Å²) in [5.74, 6) is -0.114. The highest BCUT2D eigenvalue weighted by molar-refractivity contribution is 7.90. The molecule has 10 nitrogen and oxygen atoms in total. The van der Waals surface area contributed by atoms with Crippen LogP contribution in [0.4, 0.5) is 5.69 Å². The molecule has 264 valence electrons. The molecule has 2 aromatic carbocycles. The van der Waals surface area contributed by atoms with Crippen LogP contribution in [0.25, 0.3) is 0 Å². The summed E-state index contributed by atoms with van der Waals surface area (Å²) in [6.45, 7) is 6.88. The van der Waals surface area contributed by atoms with Gasteiger partial charge in [0, 0.05) is 30.8 Å². The van der Waals surface area contributed by atoms with Crippen molar-refractivity contribution in [3.8, 4) is 5.75 Å². The first kappa shape index (κ1) is 35.4. The molecule has 6 atom stereocenters. The highest BCUT2D eigenvalue weighted by Crippen LogP contribution is 2.48. The summed E-state index contributed by atoms with van der Waals surface area (Å²) in [6, 6.07) is 10.4. The molecule has 0 radical (unpaired) electrons. The number of nitrogens with zero attached hydrogens (tertiary/aromatic N) is 2. The number of hydrogen-bond acceptors (Lipinski definition) is 9. The quantitative estimate of drug-likeness (QED) is 0.293. The Hall–Kier alpha value is -3.41. The molecule has 6 rings (SSSR count). The Balaban J connectivity index is 1.42. The number of anilines is 1. The first-order valence-corrected chi connectivity index (χ1v) is 19.2. The molecule has 12 heteroatoms. The van der Waals surface area contributed by atoms with E-state index in [1.165, 1.54) is 0 Å². The zero-order valence-corrected chi connectivity index (χ0v) is 30.2. The number of sulfonamides is 1. The van der Waals surface area contributed by atoms with Crippen molar-refractivity contribution in [2.24, 2.45) is 22.7 Å². The fourth-order valence-corrected chi connectivity index (χ4v) is 8.95. The normalized spacial score (nSPS) is 31.0. The number of aryl methyl sites for hydroxylation is 1. The molecule has 2 aromatic rings. The number of rotatable bonds is 3. The number of allylic oxidation sites excluding steroid dienone is 1. The van der Waals surface area contributed by atoms with Gasteiger partial charge in [-0.1, -0.05) is 36.7 Å². The van der Waals surface area contributed by atoms with Gasteiger partial charge < -0.3 is 19.1 Å². The van der Waals surface area contributed by atoms with Crippen LogP contribution in [-0.2, 0) is 37.3 Å². The van der Waals surface area contributed by atoms with Crippen LogP contribution in [-0.4, -0.2) is 63.3 Å². The van der Waals surface area contributed by atoms with E-state index in [0.717, 1.165) is 48.9 Å². The van der Waals surface area contributed by atoms with E-state index in [0.29, 0.717) is 49.2 Å². The van der Waals surface area contributed by atoms with Gasteiger partial charge >= 0.3 is 5.97 Å². The summed E-state index contributed by atoms with van der Waals surface area (Å²) in [5, 5.41) is -0.161. The predicted molar refractivity (Wildman–Crippen MR) is 190 cm³/mol. The second-order valence-corrected chi connectivity index (χ2v) is 16.5. The monoisotopic (exact) mass is 711 g/mol. The van der Waals surface area contributed by atoms with Crippen molar-refractivity contribution in [1.82, 2.24) is 4.72 Å². The van der Waals surface area contributed by atoms with Gasteiger partial charge in [0.2, 0.25) is 10.0 Å². The molecular formula is C37H46ClN3O7S. The maximum Gasteiger partial charge on any atom is 0.337 e. The number of methoxy groups -OCH3 is 1. The van der Waals surface area contributed by atoms with Crippen LogP contribution in [0.2, 0.25) is 5.02 Å². The lowest BCUT2D eigenvalue weighted by molar-refractivity contribution is -0.135. The topological polar surface area (TPSA) is 124 Å². The van der Waals surface area contributed by atoms with Gasteiger partial charge in [-0.3, -0.25) is 4.79 Å². The van der Waals surface area contributed by atoms with Crippen LogP contribution in [0.15, 0.2) is 53.5 Å². The molecule has 3 heterocycles. The number of fused-ring (bicyclic) bond motifs is 3. The Kier molecular flexibility index (Phi) is 10.4. The first-order chi connectivity index (χ1) is 23.4. The van der Waals surface area contributed by atoms with Crippen molar-refractivity contribution in [2.45, 2.75) is 89.2 Å². The smallest absolute Gasteiger partial charge is 0.337 e. The molecule has 0 spiro atoms. The Morgan fingerprint density at radius 3 is 2.61 bits per heavy atom. The van der Waals surface area contributed by atoms with Crippen molar-refractivity contribution in [3.63, 3.8) is 0 Å². The molecule has 3 aliphatic heterocycles. The molecule has 1 aliphatic carbocycles. The molecule has 49 heavy (non-hydrogen) atoms. The number of cyclic esters (lactones) is 1. The maximum atomic E-state index is 13.5. The molecule has 1 saturated carbocycles. The van der Waals surface area contributed by atoms with Crippen LogP contribution in [0.1, 0.15) is 80.8 Å². The molecule has 0 aromatic heterocycles. The number of ether oxygens (including phenoxy) is 3. The molecular weight excluding hydrogens is 666 g/mol. The third-order valence-electron chi connectivity index (χ3n) is 10.9. The average Bonchev–Trinajstić information content (AvgIpc) is 3.35. The highest BCUT2D eigenvalue weighted by atomic mass is 35.5. The van der Waals surface area contributed by atoms with Crippen molar-refractivity contribution in [2.75, 3.05) is 25.1 Å². The van der Waals surface area contributed by atoms with Crippen LogP contribution in [0.5, 0.6) is 5.75 Å². The van der Waals surface area contributed by atoms with Gasteiger partial charge in [0.15, 0.2) is 5.90 Å². The molecule has 1 amide bonds. The second kappa shape index (κ2) is 14.4. The van der Waals surface area contributed by atoms with Gasteiger partial charge in [0.05, 0.1) is 23.0 Å². The number of hydrogen-bond donors (Lipinski definition) is 1. The number of halogens is 1. The lowest BCUT2D eigenvalue weighted by Crippen LogP contribution is -2.52. The molecule has 4 aliphatic rings. The summed E-state index contributed by atoms with van der Waals surface area (Å²) in [4.78, 5) is 32.6. The minimum Gasteiger partial charge on any atom is -0.487 e. The second-order valence-electron chi connectivity index (χ2n) is 14.0. The standard InChI is InChI=1S/C37H46ClN3O7S/c1-23-8-7-16-37(46-4,20-34-39-24(2)36(43)48-34)31-14-11-28(31)21-41-17-6-5-9-26-18-30(38)13-10-29(26)22-47-33-15-12-27(19-32(33)41)35(42)40-49(44,45)25(23)3/h7,10,12-13,15-16,18-19,23-25,28,31H,5-6,8-9,11,14,17,20-22H2,1-4H3,(H,40,42)/b16-7+/t23-,24+,25+,28-,31+,37+/m0/s1. The fraction of sp³-hybridized carbons (Fsp3) is 0.541. The van der Waals surface area contributed by atoms with E-state index in [-0.39, 0.29) is 29.3 Å². The van der Waals surface area contributed by atoms with Gasteiger partial charge in [-0.15, -0.1) is 0 Å². The molecule has 0 unspecified atom stereocenters. The SMILES string of the molecule is CO[C@@]1(CC2=N[C@H](C)C(=O)O2)/C=C/C[C@H](C)[C@@H](C)S(=O)(=O)NC(=O)c2ccc3c(c2)N(CCCCc2cc(Cl)ccc2CO3)C[C@@H]2CC[C@H]21. The Morgan fingerprint density at radius 1 is 1.08 bits per heavy atom. The largest absolute Gasteiger partial charge is 0.487 e. The van der Waals surface area contributed by atoms with Crippen molar-refractivity contribution < 1.29 is 32.2 Å². The van der Waals surface area contributed by atoms with Gasteiger partial charge in [-0.25, -0.2) is 22.9 Å². The minimum absolute atomic E-state index is 0.0656. The van der Waals surface area contributed by atoms with Crippen LogP contribution in [0, 0.1) is 17.8 Å². The zero-order valence-electron chi connectivity index (χ0n) is 28.6. The van der Waals surface area contributed by atoms with Crippen molar-refractivity contribution in [1.29, 1.82) is 0 Å². The number of carbonyl (C=O) groups excluding carboxylic acids is 2. The van der Waals surface area contributed by atoms with E-state index in [9.17, 15) is 18.0 Å². The van der Waals surface area contributed by atoms with Crippen molar-refractivity contribution in [3.05, 3.63) is 70.3 Å². The van der Waals surface area contributed by atoms with Crippen LogP contribution in [0.3, 0.4) is 0 Å². The van der Waals surface area contributed by atoms with E-state index in [1.807, 2.05) is 37.3 Å². The van der Waals surface area contributed by atoms with E-state index >= 15 is 0 Å². The minimum atomic E-state index is -4.01. The Morgan fingerprint density at radius 2 is 1.90 bits per heavy atom. The lowest BCUT2D eigenvalue weighted by atomic mass is 9.63. The van der Waals surface area contributed by atoms with Gasteiger partial charge in [-0.05, 0) is 112 Å². The first-order valence-electron chi connectivity index (χ1n) is 17.3. The Bertz CT molecular complexity index is 1760. The third kappa shape index (κ3) is 7.54. The summed E-state index contributed by atoms with van der Waals surface area (Å²) in [5.41, 5.74) is 2.36. The lowest BCUT2D eigenvalue weighted by Gasteiger charge is -2.49. The zero-order chi connectivity index (χ0) is 34.9. The summed E-state index contributed by atoms with van der Waals surface area (Å²) in [6.07, 6.45) is 9.25. The van der Waals surface area contributed by atoms with E-state index in [2.05, 4.69) is 14.6 Å². The number of nitrogens with one attached hydrogen (secondary N) is 1. The number of aliphatic imine (C=N–C) groups is 1. The maximum absolute atomic E-state index is 13.5. The van der Waals surface area contributed by atoms with Crippen LogP contribution < -0.4 is 14.4 Å². The molecule has 0 saturated heterocycles. The predicted octanol–water partition coefficient (Wildman–Crippen LogP) is 6.25. The number of esters is 1. The Labute approximate surface area is 294 Å². The number of carbonyl (C=O) groups is 2. The molecule has 2 bridgehead atoms. The van der Waals surface area contributed by atoms with Gasteiger partial charge in [-0.2, -0.15) is 0 Å². The molecule has 1 N–H and O–H groups in total. The summed E-state index contributed by atoms with van der Waals surface area (Å²) < 4.78 is 47.7. The van der Waals surface area contributed by atoms with Gasteiger partial charge in [0.1, 0.15) is 18.4 Å². The summed E-state index contributed by atoms with van der Waals surface area (Å²) in [7, 11) is -2.33. The number of benzene rings is 2. The number of amides is 1. The average molecular weight is 712 g/mol. The van der Waals surface area contributed by atoms with Crippen LogP contribution >= 0.6 is 11.6 Å². The molecule has 1 fully saturated rings. The van der Waals surface area contributed by atoms with Gasteiger partial charge in [0.25, 0.3) is 5.91 Å². The van der Waals surface area contributed by atoms with E-state index in [4.69, 9.17) is 25.8 Å². The van der Waals surface area contributed by atoms with E-state index in [1.54, 1.807) is 39.2 Å². The third-order valence-corrected chi connectivity index (χ3v) is 13.0. The van der Waals surface area contributed by atoms with Crippen molar-refractivity contribution >= 4 is 45.1 Å². The fourth-order valence-electron chi connectivity index (χ4n) is 7.47. The highest BCUT2D eigenvalue weighted by Gasteiger charge is 2.49. The van der Waals surface area contributed by atoms with E-state index < -0.39 is 32.8 Å². The summed E-state index contributed by atoms with van der Waals surface area (Å²) >= 11 is 6.36.